The number of fused-ring (bicyclic) bond motifs is 1. The van der Waals surface area contributed by atoms with Crippen LogP contribution in [-0.4, -0.2) is 53.2 Å². The molecule has 1 aromatic heterocycles. The number of benzene rings is 1. The molecule has 6 nitrogen and oxygen atoms in total. The van der Waals surface area contributed by atoms with Gasteiger partial charge in [-0.2, -0.15) is 0 Å². The van der Waals surface area contributed by atoms with E-state index in [0.717, 1.165) is 11.3 Å². The molecule has 1 aromatic carbocycles. The number of H-pyrrole nitrogens is 1. The van der Waals surface area contributed by atoms with Crippen LogP contribution in [0.2, 0.25) is 0 Å². The molecule has 132 valence electrons. The number of ether oxygens (including phenoxy) is 1. The topological polar surface area (TPSA) is 70.2 Å². The van der Waals surface area contributed by atoms with Crippen molar-refractivity contribution in [2.75, 3.05) is 26.2 Å². The summed E-state index contributed by atoms with van der Waals surface area (Å²) in [6.07, 6.45) is 0.571. The number of halogens is 1. The van der Waals surface area contributed by atoms with Crippen LogP contribution in [0.1, 0.15) is 26.6 Å². The fraction of sp³-hybridized carbons (Fsp3) is 0.529. The monoisotopic (exact) mass is 336 g/mol. The summed E-state index contributed by atoms with van der Waals surface area (Å²) in [6.45, 7) is 8.02. The molecule has 2 amide bonds. The van der Waals surface area contributed by atoms with Gasteiger partial charge >= 0.3 is 6.03 Å². The molecule has 2 aromatic rings. The molecular weight excluding hydrogens is 311 g/mol. The van der Waals surface area contributed by atoms with Crippen molar-refractivity contribution in [2.45, 2.75) is 33.3 Å². The van der Waals surface area contributed by atoms with Gasteiger partial charge in [-0.15, -0.1) is 0 Å². The van der Waals surface area contributed by atoms with Gasteiger partial charge in [-0.3, -0.25) is 0 Å². The van der Waals surface area contributed by atoms with Gasteiger partial charge in [-0.1, -0.05) is 0 Å². The fourth-order valence-corrected chi connectivity index (χ4v) is 2.48. The molecule has 24 heavy (non-hydrogen) atoms. The molecular formula is C17H25FN4O2. The van der Waals surface area contributed by atoms with Gasteiger partial charge < -0.3 is 19.9 Å². The molecule has 2 rings (SSSR count). The molecule has 0 radical (unpaired) electrons. The second kappa shape index (κ2) is 8.63. The Kier molecular flexibility index (Phi) is 6.54. The maximum atomic E-state index is 13.2. The van der Waals surface area contributed by atoms with Gasteiger partial charge in [0.1, 0.15) is 11.6 Å². The Balaban J connectivity index is 1.88. The van der Waals surface area contributed by atoms with Crippen molar-refractivity contribution in [1.29, 1.82) is 0 Å². The minimum absolute atomic E-state index is 0.0112. The summed E-state index contributed by atoms with van der Waals surface area (Å²) < 4.78 is 18.6. The number of urea groups is 1. The van der Waals surface area contributed by atoms with E-state index in [0.29, 0.717) is 38.2 Å². The van der Waals surface area contributed by atoms with E-state index in [4.69, 9.17) is 4.74 Å². The number of hydrogen-bond donors (Lipinski definition) is 2. The minimum Gasteiger partial charge on any atom is -0.377 e. The third kappa shape index (κ3) is 4.92. The third-order valence-corrected chi connectivity index (χ3v) is 3.77. The van der Waals surface area contributed by atoms with Gasteiger partial charge in [0, 0.05) is 32.7 Å². The molecule has 2 N–H and O–H groups in total. The number of likely N-dealkylation sites (N-methyl/N-ethyl adjacent to an activating group) is 1. The highest BCUT2D eigenvalue weighted by molar-refractivity contribution is 5.75. The van der Waals surface area contributed by atoms with Gasteiger partial charge in [0.05, 0.1) is 17.1 Å². The van der Waals surface area contributed by atoms with Crippen LogP contribution in [0.15, 0.2) is 18.2 Å². The molecule has 1 heterocycles. The molecule has 0 bridgehead atoms. The number of carbonyl (C=O) groups is 1. The van der Waals surface area contributed by atoms with Crippen LogP contribution in [0, 0.1) is 5.82 Å². The molecule has 0 spiro atoms. The van der Waals surface area contributed by atoms with Gasteiger partial charge in [-0.25, -0.2) is 14.2 Å². The predicted octanol–water partition coefficient (Wildman–Crippen LogP) is 2.70. The van der Waals surface area contributed by atoms with E-state index < -0.39 is 0 Å². The van der Waals surface area contributed by atoms with Crippen LogP contribution in [-0.2, 0) is 11.2 Å². The maximum absolute atomic E-state index is 13.2. The minimum atomic E-state index is -0.296. The first-order chi connectivity index (χ1) is 11.5. The molecule has 0 aliphatic carbocycles. The summed E-state index contributed by atoms with van der Waals surface area (Å²) >= 11 is 0. The van der Waals surface area contributed by atoms with E-state index >= 15 is 0 Å². The average Bonchev–Trinajstić information content (AvgIpc) is 2.95. The number of nitrogens with one attached hydrogen (secondary N) is 2. The Morgan fingerprint density at radius 3 is 2.96 bits per heavy atom. The Labute approximate surface area is 141 Å². The lowest BCUT2D eigenvalue weighted by atomic mass is 10.3. The number of hydrogen-bond acceptors (Lipinski definition) is 3. The number of aromatic nitrogens is 2. The largest absolute Gasteiger partial charge is 0.377 e. The first-order valence-electron chi connectivity index (χ1n) is 8.32. The number of imidazole rings is 1. The molecule has 0 saturated carbocycles. The summed E-state index contributed by atoms with van der Waals surface area (Å²) in [4.78, 5) is 21.4. The van der Waals surface area contributed by atoms with E-state index in [1.807, 2.05) is 20.8 Å². The Bertz CT molecular complexity index is 674. The zero-order valence-electron chi connectivity index (χ0n) is 14.4. The highest BCUT2D eigenvalue weighted by Gasteiger charge is 2.13. The summed E-state index contributed by atoms with van der Waals surface area (Å²) in [5.41, 5.74) is 1.40. The van der Waals surface area contributed by atoms with Gasteiger partial charge in [0.25, 0.3) is 0 Å². The Hall–Kier alpha value is -2.15. The van der Waals surface area contributed by atoms with Gasteiger partial charge in [0.15, 0.2) is 0 Å². The van der Waals surface area contributed by atoms with Crippen LogP contribution in [0.3, 0.4) is 0 Å². The second-order valence-electron chi connectivity index (χ2n) is 5.63. The van der Waals surface area contributed by atoms with E-state index in [-0.39, 0.29) is 18.0 Å². The Morgan fingerprint density at radius 2 is 2.25 bits per heavy atom. The van der Waals surface area contributed by atoms with Crippen LogP contribution in [0.25, 0.3) is 11.0 Å². The van der Waals surface area contributed by atoms with Crippen LogP contribution in [0.4, 0.5) is 9.18 Å². The summed E-state index contributed by atoms with van der Waals surface area (Å²) in [5.74, 6) is 0.445. The average molecular weight is 336 g/mol. The van der Waals surface area contributed by atoms with Crippen molar-refractivity contribution in [3.05, 3.63) is 29.8 Å². The second-order valence-corrected chi connectivity index (χ2v) is 5.63. The quantitative estimate of drug-likeness (QED) is 0.779. The van der Waals surface area contributed by atoms with Crippen molar-refractivity contribution >= 4 is 17.1 Å². The van der Waals surface area contributed by atoms with Crippen LogP contribution in [0.5, 0.6) is 0 Å². The number of aromatic amines is 1. The summed E-state index contributed by atoms with van der Waals surface area (Å²) in [5, 5.41) is 2.87. The van der Waals surface area contributed by atoms with E-state index in [1.54, 1.807) is 11.0 Å². The zero-order valence-corrected chi connectivity index (χ0v) is 14.4. The Morgan fingerprint density at radius 1 is 1.46 bits per heavy atom. The third-order valence-electron chi connectivity index (χ3n) is 3.77. The molecule has 0 aliphatic heterocycles. The van der Waals surface area contributed by atoms with Crippen molar-refractivity contribution in [2.24, 2.45) is 0 Å². The molecule has 0 aliphatic rings. The maximum Gasteiger partial charge on any atom is 0.317 e. The first-order valence-corrected chi connectivity index (χ1v) is 8.32. The van der Waals surface area contributed by atoms with E-state index in [9.17, 15) is 9.18 Å². The van der Waals surface area contributed by atoms with E-state index in [2.05, 4.69) is 15.3 Å². The number of rotatable bonds is 8. The van der Waals surface area contributed by atoms with Crippen molar-refractivity contribution in [3.63, 3.8) is 0 Å². The van der Waals surface area contributed by atoms with Crippen molar-refractivity contribution in [3.8, 4) is 0 Å². The lowest BCUT2D eigenvalue weighted by Crippen LogP contribution is -2.43. The predicted molar refractivity (Wildman–Crippen MR) is 91.5 cm³/mol. The van der Waals surface area contributed by atoms with Crippen LogP contribution >= 0.6 is 0 Å². The lowest BCUT2D eigenvalue weighted by Gasteiger charge is -2.22. The van der Waals surface area contributed by atoms with Gasteiger partial charge in [0.2, 0.25) is 0 Å². The van der Waals surface area contributed by atoms with Crippen molar-refractivity contribution in [1.82, 2.24) is 20.2 Å². The number of nitrogens with zero attached hydrogens (tertiary/aromatic N) is 2. The fourth-order valence-electron chi connectivity index (χ4n) is 2.48. The summed E-state index contributed by atoms with van der Waals surface area (Å²) in [7, 11) is 0. The van der Waals surface area contributed by atoms with Gasteiger partial charge in [-0.05, 0) is 39.0 Å². The number of amides is 2. The van der Waals surface area contributed by atoms with Crippen molar-refractivity contribution < 1.29 is 13.9 Å². The molecule has 0 fully saturated rings. The summed E-state index contributed by atoms with van der Waals surface area (Å²) in [6, 6.07) is 4.33. The standard InChI is InChI=1S/C17H25FN4O2/c1-4-22(17(23)19-11-12(3)24-5-2)9-8-16-20-14-7-6-13(18)10-15(14)21-16/h6-7,10,12H,4-5,8-9,11H2,1-3H3,(H,19,23)(H,20,21). The SMILES string of the molecule is CCOC(C)CNC(=O)N(CC)CCc1nc2ccc(F)cc2[nH]1. The molecule has 0 saturated heterocycles. The highest BCUT2D eigenvalue weighted by atomic mass is 19.1. The van der Waals surface area contributed by atoms with Crippen LogP contribution < -0.4 is 5.32 Å². The van der Waals surface area contributed by atoms with E-state index in [1.165, 1.54) is 12.1 Å². The first kappa shape index (κ1) is 18.2. The zero-order chi connectivity index (χ0) is 17.5. The normalized spacial score (nSPS) is 12.3. The molecule has 7 heteroatoms. The molecule has 1 unspecified atom stereocenters. The smallest absolute Gasteiger partial charge is 0.317 e. The number of carbonyl (C=O) groups excluding carboxylic acids is 1. The lowest BCUT2D eigenvalue weighted by molar-refractivity contribution is 0.0762. The molecule has 1 atom stereocenters. The highest BCUT2D eigenvalue weighted by Crippen LogP contribution is 2.13.